The van der Waals surface area contributed by atoms with Gasteiger partial charge in [0, 0.05) is 11.9 Å². The zero-order chi connectivity index (χ0) is 9.14. The molecule has 3 nitrogen and oxygen atoms in total. The Hall–Kier alpha value is -1.12. The zero-order valence-electron chi connectivity index (χ0n) is 7.83. The molecule has 1 rings (SSSR count). The first-order chi connectivity index (χ1) is 5.59. The number of hydrogen-bond donors (Lipinski definition) is 1. The molecule has 1 aromatic rings. The molecule has 0 aliphatic heterocycles. The summed E-state index contributed by atoms with van der Waals surface area (Å²) in [6.45, 7) is 6.34. The normalized spacial score (nSPS) is 10.7. The van der Waals surface area contributed by atoms with E-state index in [9.17, 15) is 0 Å². The molecule has 0 aliphatic rings. The van der Waals surface area contributed by atoms with Crippen molar-refractivity contribution in [3.05, 3.63) is 17.5 Å². The second kappa shape index (κ2) is 3.52. The van der Waals surface area contributed by atoms with Crippen LogP contribution >= 0.6 is 0 Å². The highest BCUT2D eigenvalue weighted by Gasteiger charge is 2.03. The van der Waals surface area contributed by atoms with Crippen LogP contribution in [-0.4, -0.2) is 9.97 Å². The molecule has 66 valence electrons. The Morgan fingerprint density at radius 3 is 2.75 bits per heavy atom. The number of aryl methyl sites for hydroxylation is 1. The molecule has 0 aliphatic carbocycles. The number of nitrogens with zero attached hydrogens (tertiary/aromatic N) is 2. The van der Waals surface area contributed by atoms with Gasteiger partial charge in [-0.3, -0.25) is 0 Å². The molecular formula is C9H15N3. The lowest BCUT2D eigenvalue weighted by Crippen LogP contribution is -2.04. The first kappa shape index (κ1) is 8.97. The van der Waals surface area contributed by atoms with E-state index >= 15 is 0 Å². The summed E-state index contributed by atoms with van der Waals surface area (Å²) in [6, 6.07) is 0. The van der Waals surface area contributed by atoms with E-state index in [4.69, 9.17) is 5.73 Å². The van der Waals surface area contributed by atoms with Crippen LogP contribution in [0.3, 0.4) is 0 Å². The molecule has 1 aromatic heterocycles. The molecule has 0 bridgehead atoms. The van der Waals surface area contributed by atoms with Gasteiger partial charge in [-0.05, 0) is 24.8 Å². The molecule has 0 spiro atoms. The van der Waals surface area contributed by atoms with Gasteiger partial charge in [-0.2, -0.15) is 0 Å². The summed E-state index contributed by atoms with van der Waals surface area (Å²) in [5.41, 5.74) is 7.67. The Morgan fingerprint density at radius 2 is 2.17 bits per heavy atom. The monoisotopic (exact) mass is 165 g/mol. The van der Waals surface area contributed by atoms with Gasteiger partial charge in [-0.25, -0.2) is 9.97 Å². The van der Waals surface area contributed by atoms with Crippen LogP contribution in [0.1, 0.15) is 25.1 Å². The van der Waals surface area contributed by atoms with Gasteiger partial charge in [0.15, 0.2) is 0 Å². The van der Waals surface area contributed by atoms with Crippen LogP contribution in [0, 0.1) is 12.8 Å². The predicted octanol–water partition coefficient (Wildman–Crippen LogP) is 1.57. The fourth-order valence-electron chi connectivity index (χ4n) is 1.09. The molecule has 0 radical (unpaired) electrons. The zero-order valence-corrected chi connectivity index (χ0v) is 7.83. The number of aromatic nitrogens is 2. The maximum Gasteiger partial charge on any atom is 0.220 e. The average Bonchev–Trinajstić information content (AvgIpc) is 1.96. The third-order valence-corrected chi connectivity index (χ3v) is 1.70. The summed E-state index contributed by atoms with van der Waals surface area (Å²) in [5.74, 6) is 0.981. The number of anilines is 1. The standard InChI is InChI=1S/C9H15N3/c1-6(2)4-8-7(3)5-11-9(10)12-8/h5-6H,4H2,1-3H3,(H2,10,11,12). The first-order valence-electron chi connectivity index (χ1n) is 4.17. The molecule has 2 N–H and O–H groups in total. The molecule has 0 amide bonds. The van der Waals surface area contributed by atoms with E-state index in [1.165, 1.54) is 0 Å². The van der Waals surface area contributed by atoms with E-state index in [-0.39, 0.29) is 0 Å². The molecule has 0 saturated heterocycles. The highest BCUT2D eigenvalue weighted by Crippen LogP contribution is 2.10. The van der Waals surface area contributed by atoms with Crippen molar-refractivity contribution in [3.8, 4) is 0 Å². The minimum Gasteiger partial charge on any atom is -0.368 e. The van der Waals surface area contributed by atoms with Crippen LogP contribution in [0.2, 0.25) is 0 Å². The maximum atomic E-state index is 5.48. The summed E-state index contributed by atoms with van der Waals surface area (Å²) in [7, 11) is 0. The molecule has 0 atom stereocenters. The third-order valence-electron chi connectivity index (χ3n) is 1.70. The van der Waals surface area contributed by atoms with Gasteiger partial charge in [0.05, 0.1) is 0 Å². The molecule has 3 heteroatoms. The van der Waals surface area contributed by atoms with Gasteiger partial charge in [-0.1, -0.05) is 13.8 Å². The quantitative estimate of drug-likeness (QED) is 0.723. The van der Waals surface area contributed by atoms with E-state index in [0.29, 0.717) is 11.9 Å². The number of nitrogen functional groups attached to an aromatic ring is 1. The fourth-order valence-corrected chi connectivity index (χ4v) is 1.09. The Kier molecular flexibility index (Phi) is 2.63. The highest BCUT2D eigenvalue weighted by molar-refractivity contribution is 5.24. The van der Waals surface area contributed by atoms with Gasteiger partial charge in [-0.15, -0.1) is 0 Å². The number of rotatable bonds is 2. The average molecular weight is 165 g/mol. The largest absolute Gasteiger partial charge is 0.368 e. The Bertz CT molecular complexity index is 268. The molecule has 0 aromatic carbocycles. The second-order valence-electron chi connectivity index (χ2n) is 3.46. The lowest BCUT2D eigenvalue weighted by molar-refractivity contribution is 0.631. The van der Waals surface area contributed by atoms with E-state index in [0.717, 1.165) is 17.7 Å². The van der Waals surface area contributed by atoms with Crippen LogP contribution < -0.4 is 5.73 Å². The third kappa shape index (κ3) is 2.19. The molecular weight excluding hydrogens is 150 g/mol. The van der Waals surface area contributed by atoms with E-state index in [2.05, 4.69) is 23.8 Å². The van der Waals surface area contributed by atoms with E-state index in [1.807, 2.05) is 6.92 Å². The topological polar surface area (TPSA) is 51.8 Å². The second-order valence-corrected chi connectivity index (χ2v) is 3.46. The Labute approximate surface area is 73.0 Å². The Morgan fingerprint density at radius 1 is 1.50 bits per heavy atom. The van der Waals surface area contributed by atoms with Gasteiger partial charge in [0.1, 0.15) is 0 Å². The van der Waals surface area contributed by atoms with Crippen molar-refractivity contribution in [2.24, 2.45) is 5.92 Å². The van der Waals surface area contributed by atoms with Crippen LogP contribution in [0.25, 0.3) is 0 Å². The van der Waals surface area contributed by atoms with Crippen molar-refractivity contribution in [1.82, 2.24) is 9.97 Å². The highest BCUT2D eigenvalue weighted by atomic mass is 15.0. The summed E-state index contributed by atoms with van der Waals surface area (Å²) in [6.07, 6.45) is 2.75. The SMILES string of the molecule is Cc1cnc(N)nc1CC(C)C. The molecule has 0 fully saturated rings. The van der Waals surface area contributed by atoms with Crippen molar-refractivity contribution in [3.63, 3.8) is 0 Å². The molecule has 1 heterocycles. The van der Waals surface area contributed by atoms with Crippen molar-refractivity contribution in [2.75, 3.05) is 5.73 Å². The van der Waals surface area contributed by atoms with E-state index < -0.39 is 0 Å². The summed E-state index contributed by atoms with van der Waals surface area (Å²) < 4.78 is 0. The lowest BCUT2D eigenvalue weighted by atomic mass is 10.1. The summed E-state index contributed by atoms with van der Waals surface area (Å²) in [5, 5.41) is 0. The lowest BCUT2D eigenvalue weighted by Gasteiger charge is -2.06. The van der Waals surface area contributed by atoms with Crippen LogP contribution in [0.15, 0.2) is 6.20 Å². The van der Waals surface area contributed by atoms with Crippen LogP contribution in [0.5, 0.6) is 0 Å². The van der Waals surface area contributed by atoms with Gasteiger partial charge in [0.2, 0.25) is 5.95 Å². The van der Waals surface area contributed by atoms with Gasteiger partial charge in [0.25, 0.3) is 0 Å². The van der Waals surface area contributed by atoms with Gasteiger partial charge < -0.3 is 5.73 Å². The minimum atomic E-state index is 0.372. The summed E-state index contributed by atoms with van der Waals surface area (Å²) >= 11 is 0. The minimum absolute atomic E-state index is 0.372. The van der Waals surface area contributed by atoms with Gasteiger partial charge >= 0.3 is 0 Å². The number of hydrogen-bond acceptors (Lipinski definition) is 3. The van der Waals surface area contributed by atoms with Crippen molar-refractivity contribution in [1.29, 1.82) is 0 Å². The van der Waals surface area contributed by atoms with E-state index in [1.54, 1.807) is 6.20 Å². The van der Waals surface area contributed by atoms with Crippen molar-refractivity contribution in [2.45, 2.75) is 27.2 Å². The number of nitrogens with two attached hydrogens (primary N) is 1. The van der Waals surface area contributed by atoms with Crippen LogP contribution in [-0.2, 0) is 6.42 Å². The van der Waals surface area contributed by atoms with Crippen LogP contribution in [0.4, 0.5) is 5.95 Å². The Balaban J connectivity index is 2.90. The van der Waals surface area contributed by atoms with Crippen molar-refractivity contribution < 1.29 is 0 Å². The maximum absolute atomic E-state index is 5.48. The first-order valence-corrected chi connectivity index (χ1v) is 4.17. The smallest absolute Gasteiger partial charge is 0.220 e. The fraction of sp³-hybridized carbons (Fsp3) is 0.556. The predicted molar refractivity (Wildman–Crippen MR) is 49.7 cm³/mol. The molecule has 0 saturated carbocycles. The molecule has 12 heavy (non-hydrogen) atoms. The molecule has 0 unspecified atom stereocenters. The van der Waals surface area contributed by atoms with Crippen molar-refractivity contribution >= 4 is 5.95 Å². The summed E-state index contributed by atoms with van der Waals surface area (Å²) in [4.78, 5) is 8.09.